The van der Waals surface area contributed by atoms with Crippen molar-refractivity contribution in [3.05, 3.63) is 36.7 Å². The Balaban J connectivity index is 1.66. The zero-order chi connectivity index (χ0) is 14.7. The lowest BCUT2D eigenvalue weighted by Crippen LogP contribution is -2.50. The summed E-state index contributed by atoms with van der Waals surface area (Å²) >= 11 is 0. The number of benzene rings is 1. The summed E-state index contributed by atoms with van der Waals surface area (Å²) in [6.07, 6.45) is 3.07. The average Bonchev–Trinajstić information content (AvgIpc) is 3.09. The van der Waals surface area contributed by atoms with E-state index in [-0.39, 0.29) is 6.03 Å². The number of piperazine rings is 1. The molecule has 2 heterocycles. The number of hydrogen-bond acceptors (Lipinski definition) is 5. The lowest BCUT2D eigenvalue weighted by atomic mass is 10.2. The van der Waals surface area contributed by atoms with Crippen LogP contribution in [-0.2, 0) is 0 Å². The molecule has 1 aromatic heterocycles. The van der Waals surface area contributed by atoms with E-state index in [4.69, 9.17) is 4.74 Å². The third-order valence-electron chi connectivity index (χ3n) is 3.59. The van der Waals surface area contributed by atoms with Crippen LogP contribution in [-0.4, -0.2) is 59.2 Å². The monoisotopic (exact) mass is 287 g/mol. The van der Waals surface area contributed by atoms with Gasteiger partial charge in [-0.05, 0) is 12.1 Å². The molecule has 110 valence electrons. The summed E-state index contributed by atoms with van der Waals surface area (Å²) in [5, 5.41) is 7.40. The highest BCUT2D eigenvalue weighted by Gasteiger charge is 2.23. The molecule has 21 heavy (non-hydrogen) atoms. The van der Waals surface area contributed by atoms with Crippen LogP contribution in [0.1, 0.15) is 0 Å². The maximum atomic E-state index is 12.2. The Morgan fingerprint density at radius 1 is 1.19 bits per heavy atom. The second-order valence-electron chi connectivity index (χ2n) is 4.78. The molecule has 0 radical (unpaired) electrons. The number of amides is 1. The highest BCUT2D eigenvalue weighted by Crippen LogP contribution is 2.28. The first-order valence-electron chi connectivity index (χ1n) is 6.83. The van der Waals surface area contributed by atoms with Crippen LogP contribution >= 0.6 is 0 Å². The molecule has 1 saturated heterocycles. The Bertz CT molecular complexity index is 606. The number of rotatable bonds is 2. The molecule has 0 bridgehead atoms. The molecular weight excluding hydrogens is 270 g/mol. The number of carbonyl (C=O) groups is 1. The largest absolute Gasteiger partial charge is 0.495 e. The molecule has 3 rings (SSSR count). The van der Waals surface area contributed by atoms with Gasteiger partial charge in [0.05, 0.1) is 25.2 Å². The number of anilines is 1. The number of hydrogen-bond donors (Lipinski definition) is 0. The third kappa shape index (κ3) is 2.67. The Labute approximate surface area is 122 Å². The highest BCUT2D eigenvalue weighted by molar-refractivity contribution is 5.76. The highest BCUT2D eigenvalue weighted by atomic mass is 16.5. The standard InChI is InChI=1S/C14H17N5O2/c1-21-13-5-3-2-4-12(13)17-8-10-18(11-9-17)14(20)19-7-6-15-16-19/h2-7H,8-11H2,1H3. The van der Waals surface area contributed by atoms with Crippen molar-refractivity contribution in [3.8, 4) is 5.75 Å². The van der Waals surface area contributed by atoms with Crippen molar-refractivity contribution < 1.29 is 9.53 Å². The maximum absolute atomic E-state index is 12.2. The first-order valence-corrected chi connectivity index (χ1v) is 6.83. The van der Waals surface area contributed by atoms with Crippen molar-refractivity contribution in [1.82, 2.24) is 19.9 Å². The van der Waals surface area contributed by atoms with Crippen LogP contribution in [0.2, 0.25) is 0 Å². The fourth-order valence-corrected chi connectivity index (χ4v) is 2.48. The van der Waals surface area contributed by atoms with Crippen molar-refractivity contribution in [2.45, 2.75) is 0 Å². The Morgan fingerprint density at radius 2 is 1.95 bits per heavy atom. The average molecular weight is 287 g/mol. The second-order valence-corrected chi connectivity index (χ2v) is 4.78. The fraction of sp³-hybridized carbons (Fsp3) is 0.357. The fourth-order valence-electron chi connectivity index (χ4n) is 2.48. The van der Waals surface area contributed by atoms with Crippen molar-refractivity contribution in [1.29, 1.82) is 0 Å². The zero-order valence-corrected chi connectivity index (χ0v) is 11.8. The lowest BCUT2D eigenvalue weighted by molar-refractivity contribution is 0.192. The molecular formula is C14H17N5O2. The minimum absolute atomic E-state index is 0.132. The third-order valence-corrected chi connectivity index (χ3v) is 3.59. The van der Waals surface area contributed by atoms with E-state index in [1.54, 1.807) is 18.2 Å². The molecule has 7 nitrogen and oxygen atoms in total. The van der Waals surface area contributed by atoms with Gasteiger partial charge < -0.3 is 14.5 Å². The van der Waals surface area contributed by atoms with Crippen molar-refractivity contribution >= 4 is 11.7 Å². The van der Waals surface area contributed by atoms with E-state index in [2.05, 4.69) is 15.2 Å². The molecule has 0 saturated carbocycles. The summed E-state index contributed by atoms with van der Waals surface area (Å²) in [5.74, 6) is 0.855. The Hall–Kier alpha value is -2.57. The van der Waals surface area contributed by atoms with Gasteiger partial charge >= 0.3 is 6.03 Å². The summed E-state index contributed by atoms with van der Waals surface area (Å²) in [6.45, 7) is 2.83. The Morgan fingerprint density at radius 3 is 2.62 bits per heavy atom. The predicted molar refractivity (Wildman–Crippen MR) is 77.6 cm³/mol. The number of ether oxygens (including phenoxy) is 1. The van der Waals surface area contributed by atoms with Crippen molar-refractivity contribution in [3.63, 3.8) is 0 Å². The van der Waals surface area contributed by atoms with Gasteiger partial charge in [-0.1, -0.05) is 17.3 Å². The minimum Gasteiger partial charge on any atom is -0.495 e. The molecule has 7 heteroatoms. The molecule has 2 aromatic rings. The minimum atomic E-state index is -0.132. The van der Waals surface area contributed by atoms with Crippen molar-refractivity contribution in [2.24, 2.45) is 0 Å². The predicted octanol–water partition coefficient (Wildman–Crippen LogP) is 1.08. The summed E-state index contributed by atoms with van der Waals surface area (Å²) in [4.78, 5) is 16.2. The lowest BCUT2D eigenvalue weighted by Gasteiger charge is -2.36. The number of aromatic nitrogens is 3. The van der Waals surface area contributed by atoms with Gasteiger partial charge in [0.2, 0.25) is 0 Å². The van der Waals surface area contributed by atoms with Crippen molar-refractivity contribution in [2.75, 3.05) is 38.2 Å². The van der Waals surface area contributed by atoms with Gasteiger partial charge in [0.25, 0.3) is 0 Å². The SMILES string of the molecule is COc1ccccc1N1CCN(C(=O)n2ccnn2)CC1. The molecule has 1 aliphatic rings. The zero-order valence-electron chi connectivity index (χ0n) is 11.8. The van der Waals surface area contributed by atoms with Crippen LogP contribution < -0.4 is 9.64 Å². The normalized spacial score (nSPS) is 15.1. The van der Waals surface area contributed by atoms with E-state index in [0.717, 1.165) is 24.5 Å². The number of para-hydroxylation sites is 2. The number of methoxy groups -OCH3 is 1. The van der Waals surface area contributed by atoms with Gasteiger partial charge in [0, 0.05) is 26.2 Å². The molecule has 1 aromatic carbocycles. The molecule has 0 N–H and O–H groups in total. The first kappa shape index (κ1) is 13.4. The van der Waals surface area contributed by atoms with Gasteiger partial charge in [-0.3, -0.25) is 0 Å². The Kier molecular flexibility index (Phi) is 3.72. The van der Waals surface area contributed by atoms with Crippen LogP contribution in [0.15, 0.2) is 36.7 Å². The quantitative estimate of drug-likeness (QED) is 0.827. The van der Waals surface area contributed by atoms with Crippen LogP contribution in [0.25, 0.3) is 0 Å². The molecule has 1 fully saturated rings. The summed E-state index contributed by atoms with van der Waals surface area (Å²) in [7, 11) is 1.67. The van der Waals surface area contributed by atoms with E-state index in [1.807, 2.05) is 24.3 Å². The van der Waals surface area contributed by atoms with Gasteiger partial charge in [-0.25, -0.2) is 4.79 Å². The summed E-state index contributed by atoms with van der Waals surface area (Å²) in [5.41, 5.74) is 1.06. The number of carbonyl (C=O) groups excluding carboxylic acids is 1. The molecule has 0 unspecified atom stereocenters. The number of nitrogens with zero attached hydrogens (tertiary/aromatic N) is 5. The topological polar surface area (TPSA) is 63.5 Å². The summed E-state index contributed by atoms with van der Waals surface area (Å²) in [6, 6.07) is 7.79. The van der Waals surface area contributed by atoms with Gasteiger partial charge in [-0.2, -0.15) is 4.68 Å². The van der Waals surface area contributed by atoms with E-state index in [1.165, 1.54) is 10.9 Å². The van der Waals surface area contributed by atoms with Crippen LogP contribution in [0.4, 0.5) is 10.5 Å². The maximum Gasteiger partial charge on any atom is 0.346 e. The molecule has 0 spiro atoms. The smallest absolute Gasteiger partial charge is 0.346 e. The van der Waals surface area contributed by atoms with Gasteiger partial charge in [0.15, 0.2) is 0 Å². The summed E-state index contributed by atoms with van der Waals surface area (Å²) < 4.78 is 6.65. The second kappa shape index (κ2) is 5.82. The molecule has 0 atom stereocenters. The van der Waals surface area contributed by atoms with Crippen LogP contribution in [0.5, 0.6) is 5.75 Å². The van der Waals surface area contributed by atoms with E-state index < -0.39 is 0 Å². The first-order chi connectivity index (χ1) is 10.3. The van der Waals surface area contributed by atoms with Crippen LogP contribution in [0.3, 0.4) is 0 Å². The van der Waals surface area contributed by atoms with Gasteiger partial charge in [0.1, 0.15) is 5.75 Å². The van der Waals surface area contributed by atoms with E-state index in [9.17, 15) is 4.79 Å². The van der Waals surface area contributed by atoms with E-state index in [0.29, 0.717) is 13.1 Å². The molecule has 0 aliphatic carbocycles. The van der Waals surface area contributed by atoms with Gasteiger partial charge in [-0.15, -0.1) is 5.10 Å². The van der Waals surface area contributed by atoms with Crippen LogP contribution in [0, 0.1) is 0 Å². The molecule has 1 aliphatic heterocycles. The molecule has 1 amide bonds. The van der Waals surface area contributed by atoms with E-state index >= 15 is 0 Å².